The van der Waals surface area contributed by atoms with E-state index >= 15 is 0 Å². The van der Waals surface area contributed by atoms with Gasteiger partial charge in [-0.1, -0.05) is 6.92 Å². The van der Waals surface area contributed by atoms with E-state index in [4.69, 9.17) is 9.84 Å². The molecule has 0 spiro atoms. The molecule has 0 atom stereocenters. The van der Waals surface area contributed by atoms with E-state index in [0.29, 0.717) is 18.0 Å². The summed E-state index contributed by atoms with van der Waals surface area (Å²) in [5, 5.41) is 8.84. The number of hydrogen-bond donors (Lipinski definition) is 1. The molecule has 6 nitrogen and oxygen atoms in total. The average Bonchev–Trinajstić information content (AvgIpc) is 2.64. The number of aliphatic carboxylic acids is 1. The maximum atomic E-state index is 13.1. The summed E-state index contributed by atoms with van der Waals surface area (Å²) in [5.41, 5.74) is 0.383. The first-order valence-electron chi connectivity index (χ1n) is 8.57. The second-order valence-electron chi connectivity index (χ2n) is 5.87. The molecule has 0 unspecified atom stereocenters. The zero-order chi connectivity index (χ0) is 19.9. The van der Waals surface area contributed by atoms with Gasteiger partial charge in [-0.05, 0) is 61.4 Å². The molecule has 0 amide bonds. The van der Waals surface area contributed by atoms with Crippen LogP contribution in [-0.2, 0) is 14.8 Å². The normalized spacial score (nSPS) is 11.2. The van der Waals surface area contributed by atoms with Crippen molar-refractivity contribution in [2.75, 3.05) is 17.5 Å². The van der Waals surface area contributed by atoms with Crippen molar-refractivity contribution in [3.05, 3.63) is 54.3 Å². The molecule has 0 radical (unpaired) electrons. The van der Waals surface area contributed by atoms with E-state index in [9.17, 15) is 17.6 Å². The minimum Gasteiger partial charge on any atom is -0.494 e. The first-order chi connectivity index (χ1) is 12.8. The van der Waals surface area contributed by atoms with Gasteiger partial charge in [-0.3, -0.25) is 9.10 Å². The summed E-state index contributed by atoms with van der Waals surface area (Å²) < 4.78 is 45.8. The van der Waals surface area contributed by atoms with Gasteiger partial charge in [0, 0.05) is 13.0 Å². The van der Waals surface area contributed by atoms with E-state index in [1.165, 1.54) is 12.1 Å². The minimum absolute atomic E-state index is 0.0127. The number of benzene rings is 2. The summed E-state index contributed by atoms with van der Waals surface area (Å²) in [4.78, 5) is 10.7. The van der Waals surface area contributed by atoms with E-state index in [1.54, 1.807) is 24.3 Å². The molecule has 1 N–H and O–H groups in total. The fraction of sp³-hybridized carbons (Fsp3) is 0.316. The van der Waals surface area contributed by atoms with Crippen LogP contribution in [0.1, 0.15) is 26.2 Å². The third-order valence-electron chi connectivity index (χ3n) is 3.75. The van der Waals surface area contributed by atoms with Crippen molar-refractivity contribution in [1.82, 2.24) is 0 Å². The van der Waals surface area contributed by atoms with Gasteiger partial charge in [0.15, 0.2) is 0 Å². The maximum absolute atomic E-state index is 13.1. The second-order valence-corrected chi connectivity index (χ2v) is 7.73. The molecule has 0 aliphatic heterocycles. The highest BCUT2D eigenvalue weighted by Crippen LogP contribution is 2.26. The van der Waals surface area contributed by atoms with E-state index < -0.39 is 21.8 Å². The number of ether oxygens (including phenoxy) is 1. The number of anilines is 1. The molecule has 8 heteroatoms. The number of carboxylic acid groups (broad SMARTS) is 1. The number of halogens is 1. The monoisotopic (exact) mass is 395 g/mol. The third-order valence-corrected chi connectivity index (χ3v) is 5.59. The number of rotatable bonds is 10. The van der Waals surface area contributed by atoms with Crippen molar-refractivity contribution in [2.24, 2.45) is 0 Å². The molecule has 2 aromatic carbocycles. The first kappa shape index (κ1) is 20.7. The molecule has 0 aromatic heterocycles. The Balaban J connectivity index is 2.32. The number of carboxylic acids is 1. The van der Waals surface area contributed by atoms with Gasteiger partial charge < -0.3 is 9.84 Å². The van der Waals surface area contributed by atoms with Crippen LogP contribution in [0.5, 0.6) is 5.75 Å². The van der Waals surface area contributed by atoms with E-state index in [1.807, 2.05) is 6.92 Å². The van der Waals surface area contributed by atoms with Gasteiger partial charge in [0.2, 0.25) is 0 Å². The summed E-state index contributed by atoms with van der Waals surface area (Å²) in [5.74, 6) is -0.925. The lowest BCUT2D eigenvalue weighted by Crippen LogP contribution is -2.32. The Bertz CT molecular complexity index is 851. The molecule has 0 aliphatic rings. The molecule has 2 rings (SSSR count). The number of sulfonamides is 1. The summed E-state index contributed by atoms with van der Waals surface area (Å²) in [6.45, 7) is 2.52. The molecular formula is C19H22FNO5S. The quantitative estimate of drug-likeness (QED) is 0.663. The molecule has 146 valence electrons. The highest BCUT2D eigenvalue weighted by Gasteiger charge is 2.25. The van der Waals surface area contributed by atoms with Crippen molar-refractivity contribution in [1.29, 1.82) is 0 Å². The number of carbonyl (C=O) groups is 1. The van der Waals surface area contributed by atoms with E-state index in [2.05, 4.69) is 0 Å². The van der Waals surface area contributed by atoms with Crippen LogP contribution >= 0.6 is 0 Å². The Morgan fingerprint density at radius 2 is 1.74 bits per heavy atom. The van der Waals surface area contributed by atoms with Crippen LogP contribution in [0.4, 0.5) is 10.1 Å². The predicted molar refractivity (Wildman–Crippen MR) is 100 cm³/mol. The van der Waals surface area contributed by atoms with Gasteiger partial charge in [-0.15, -0.1) is 0 Å². The van der Waals surface area contributed by atoms with Crippen LogP contribution in [0.2, 0.25) is 0 Å². The topological polar surface area (TPSA) is 83.9 Å². The van der Waals surface area contributed by atoms with Crippen LogP contribution in [0.15, 0.2) is 53.4 Å². The SMILES string of the molecule is CCCOc1ccc(N(CCCC(=O)O)S(=O)(=O)c2ccc(F)cc2)cc1. The fourth-order valence-electron chi connectivity index (χ4n) is 2.42. The highest BCUT2D eigenvalue weighted by molar-refractivity contribution is 7.92. The van der Waals surface area contributed by atoms with Gasteiger partial charge >= 0.3 is 5.97 Å². The Morgan fingerprint density at radius 1 is 1.11 bits per heavy atom. The van der Waals surface area contributed by atoms with Crippen LogP contribution < -0.4 is 9.04 Å². The molecule has 0 fully saturated rings. The Kier molecular flexibility index (Phi) is 7.18. The highest BCUT2D eigenvalue weighted by atomic mass is 32.2. The summed E-state index contributed by atoms with van der Waals surface area (Å²) >= 11 is 0. The van der Waals surface area contributed by atoms with Crippen molar-refractivity contribution in [3.63, 3.8) is 0 Å². The maximum Gasteiger partial charge on any atom is 0.303 e. The number of nitrogens with zero attached hydrogens (tertiary/aromatic N) is 1. The summed E-state index contributed by atoms with van der Waals surface area (Å²) in [6.07, 6.45) is 0.832. The van der Waals surface area contributed by atoms with Crippen molar-refractivity contribution < 1.29 is 27.4 Å². The molecule has 0 saturated carbocycles. The van der Waals surface area contributed by atoms with Gasteiger partial charge in [0.25, 0.3) is 10.0 Å². The molecule has 0 heterocycles. The minimum atomic E-state index is -3.97. The lowest BCUT2D eigenvalue weighted by Gasteiger charge is -2.24. The smallest absolute Gasteiger partial charge is 0.303 e. The molecule has 27 heavy (non-hydrogen) atoms. The van der Waals surface area contributed by atoms with Gasteiger partial charge in [-0.2, -0.15) is 0 Å². The Labute approximate surface area is 158 Å². The summed E-state index contributed by atoms with van der Waals surface area (Å²) in [7, 11) is -3.97. The van der Waals surface area contributed by atoms with Gasteiger partial charge in [0.05, 0.1) is 17.2 Å². The Hall–Kier alpha value is -2.61. The Morgan fingerprint density at radius 3 is 2.30 bits per heavy atom. The zero-order valence-corrected chi connectivity index (χ0v) is 15.8. The molecule has 0 aliphatic carbocycles. The van der Waals surface area contributed by atoms with E-state index in [-0.39, 0.29) is 24.3 Å². The van der Waals surface area contributed by atoms with Crippen molar-refractivity contribution in [3.8, 4) is 5.75 Å². The molecular weight excluding hydrogens is 373 g/mol. The second kappa shape index (κ2) is 9.36. The third kappa shape index (κ3) is 5.68. The standard InChI is InChI=1S/C19H22FNO5S/c1-2-14-26-17-9-7-16(8-10-17)21(13-3-4-19(22)23)27(24,25)18-11-5-15(20)6-12-18/h5-12H,2-4,13-14H2,1H3,(H,22,23). The predicted octanol–water partition coefficient (Wildman–Crippen LogP) is 3.67. The zero-order valence-electron chi connectivity index (χ0n) is 15.0. The van der Waals surface area contributed by atoms with Crippen LogP contribution in [0.25, 0.3) is 0 Å². The summed E-state index contributed by atoms with van der Waals surface area (Å²) in [6, 6.07) is 11.1. The van der Waals surface area contributed by atoms with Crippen LogP contribution in [-0.4, -0.2) is 32.6 Å². The average molecular weight is 395 g/mol. The number of hydrogen-bond acceptors (Lipinski definition) is 4. The van der Waals surface area contributed by atoms with Crippen LogP contribution in [0, 0.1) is 5.82 Å². The van der Waals surface area contributed by atoms with Gasteiger partial charge in [0.1, 0.15) is 11.6 Å². The molecule has 2 aromatic rings. The first-order valence-corrected chi connectivity index (χ1v) is 10.0. The fourth-order valence-corrected chi connectivity index (χ4v) is 3.93. The lowest BCUT2D eigenvalue weighted by molar-refractivity contribution is -0.137. The van der Waals surface area contributed by atoms with Crippen LogP contribution in [0.3, 0.4) is 0 Å². The van der Waals surface area contributed by atoms with Crippen molar-refractivity contribution >= 4 is 21.7 Å². The molecule has 0 saturated heterocycles. The van der Waals surface area contributed by atoms with Gasteiger partial charge in [-0.25, -0.2) is 12.8 Å². The molecule has 0 bridgehead atoms. The lowest BCUT2D eigenvalue weighted by atomic mass is 10.2. The van der Waals surface area contributed by atoms with E-state index in [0.717, 1.165) is 22.9 Å². The van der Waals surface area contributed by atoms with Crippen molar-refractivity contribution in [2.45, 2.75) is 31.1 Å². The largest absolute Gasteiger partial charge is 0.494 e.